The summed E-state index contributed by atoms with van der Waals surface area (Å²) in [6, 6.07) is 9.94. The van der Waals surface area contributed by atoms with Gasteiger partial charge in [-0.05, 0) is 42.5 Å². The van der Waals surface area contributed by atoms with Gasteiger partial charge in [-0.25, -0.2) is 9.97 Å². The largest absolute Gasteiger partial charge is 0.573 e. The van der Waals surface area contributed by atoms with Crippen molar-refractivity contribution in [3.63, 3.8) is 0 Å². The molecule has 1 fully saturated rings. The summed E-state index contributed by atoms with van der Waals surface area (Å²) in [5, 5.41) is 4.99. The molecule has 1 aromatic carbocycles. The average Bonchev–Trinajstić information content (AvgIpc) is 2.86. The number of morpholine rings is 1. The van der Waals surface area contributed by atoms with Crippen molar-refractivity contribution in [2.45, 2.75) is 6.36 Å². The summed E-state index contributed by atoms with van der Waals surface area (Å²) >= 11 is 0. The van der Waals surface area contributed by atoms with Crippen molar-refractivity contribution in [2.75, 3.05) is 49.2 Å². The van der Waals surface area contributed by atoms with Gasteiger partial charge in [-0.15, -0.1) is 13.2 Å². The van der Waals surface area contributed by atoms with E-state index in [1.54, 1.807) is 35.4 Å². The molecule has 1 aliphatic heterocycles. The molecule has 0 spiro atoms. The zero-order chi connectivity index (χ0) is 26.4. The first-order valence-corrected chi connectivity index (χ1v) is 11.2. The Morgan fingerprint density at radius 3 is 2.32 bits per heavy atom. The van der Waals surface area contributed by atoms with Crippen LogP contribution >= 0.6 is 0 Å². The van der Waals surface area contributed by atoms with Crippen molar-refractivity contribution in [3.05, 3.63) is 60.4 Å². The minimum Gasteiger partial charge on any atom is -0.404 e. The molecule has 13 heteroatoms. The predicted octanol–water partition coefficient (Wildman–Crippen LogP) is 3.15. The lowest BCUT2D eigenvalue weighted by molar-refractivity contribution is -0.274. The molecule has 2 amide bonds. The standard InChI is InChI=1S/C24H23F3N6O4/c25-24(26,27)37-19-4-1-15(11-18(19)31-22(34)14-33-7-9-36-10-8-33)23(35)32-21-6-3-17(13-30-21)16-2-5-20(28)29-12-16/h1-6,11-13H,7-10,14H2,(H2,28,29)(H,31,34)(H,30,32,35). The Morgan fingerprint density at radius 1 is 1.00 bits per heavy atom. The second-order valence-corrected chi connectivity index (χ2v) is 8.05. The Hall–Kier alpha value is -4.23. The Balaban J connectivity index is 1.48. The molecule has 3 heterocycles. The molecule has 0 atom stereocenters. The molecule has 0 saturated carbocycles. The SMILES string of the molecule is Nc1ccc(-c2ccc(NC(=O)c3ccc(OC(F)(F)F)c(NC(=O)CN4CCOCC4)c3)nc2)cn1. The monoisotopic (exact) mass is 516 g/mol. The minimum absolute atomic E-state index is 0.00944. The van der Waals surface area contributed by atoms with Crippen LogP contribution in [0.3, 0.4) is 0 Å². The van der Waals surface area contributed by atoms with Crippen LogP contribution in [0.2, 0.25) is 0 Å². The molecule has 4 rings (SSSR count). The highest BCUT2D eigenvalue weighted by Gasteiger charge is 2.32. The number of amides is 2. The molecule has 1 aliphatic rings. The van der Waals surface area contributed by atoms with Crippen LogP contribution in [0.1, 0.15) is 10.4 Å². The fraction of sp³-hybridized carbons (Fsp3) is 0.250. The first-order chi connectivity index (χ1) is 17.7. The number of hydrogen-bond acceptors (Lipinski definition) is 8. The summed E-state index contributed by atoms with van der Waals surface area (Å²) in [5.41, 5.74) is 6.81. The molecule has 1 saturated heterocycles. The highest BCUT2D eigenvalue weighted by atomic mass is 19.4. The highest BCUT2D eigenvalue weighted by Crippen LogP contribution is 2.31. The molecule has 10 nitrogen and oxygen atoms in total. The molecular weight excluding hydrogens is 493 g/mol. The maximum Gasteiger partial charge on any atom is 0.573 e. The maximum absolute atomic E-state index is 12.9. The highest BCUT2D eigenvalue weighted by molar-refractivity contribution is 6.05. The fourth-order valence-corrected chi connectivity index (χ4v) is 3.54. The van der Waals surface area contributed by atoms with Gasteiger partial charge in [0.1, 0.15) is 11.6 Å². The molecule has 0 bridgehead atoms. The molecule has 37 heavy (non-hydrogen) atoms. The molecule has 0 unspecified atom stereocenters. The normalized spacial score (nSPS) is 14.1. The first-order valence-electron chi connectivity index (χ1n) is 11.2. The summed E-state index contributed by atoms with van der Waals surface area (Å²) < 4.78 is 48.0. The zero-order valence-electron chi connectivity index (χ0n) is 19.4. The van der Waals surface area contributed by atoms with E-state index in [9.17, 15) is 22.8 Å². The van der Waals surface area contributed by atoms with E-state index in [1.165, 1.54) is 6.20 Å². The van der Waals surface area contributed by atoms with Gasteiger partial charge in [-0.2, -0.15) is 0 Å². The topological polar surface area (TPSA) is 132 Å². The van der Waals surface area contributed by atoms with Crippen molar-refractivity contribution in [1.29, 1.82) is 0 Å². The number of ether oxygens (including phenoxy) is 2. The van der Waals surface area contributed by atoms with E-state index in [0.29, 0.717) is 32.1 Å². The minimum atomic E-state index is -4.99. The van der Waals surface area contributed by atoms with E-state index in [4.69, 9.17) is 10.5 Å². The summed E-state index contributed by atoms with van der Waals surface area (Å²) in [6.45, 7) is 1.89. The summed E-state index contributed by atoms with van der Waals surface area (Å²) in [5.74, 6) is -1.24. The fourth-order valence-electron chi connectivity index (χ4n) is 3.54. The molecule has 4 N–H and O–H groups in total. The van der Waals surface area contributed by atoms with E-state index in [1.807, 2.05) is 0 Å². The van der Waals surface area contributed by atoms with E-state index >= 15 is 0 Å². The molecule has 2 aromatic heterocycles. The molecule has 0 aliphatic carbocycles. The third kappa shape index (κ3) is 7.38. The maximum atomic E-state index is 12.9. The number of nitrogens with zero attached hydrogens (tertiary/aromatic N) is 3. The van der Waals surface area contributed by atoms with Crippen LogP contribution in [0.25, 0.3) is 11.1 Å². The number of pyridine rings is 2. The average molecular weight is 516 g/mol. The number of rotatable bonds is 7. The number of nitrogens with two attached hydrogens (primary N) is 1. The van der Waals surface area contributed by atoms with Crippen molar-refractivity contribution in [3.8, 4) is 16.9 Å². The number of nitrogen functional groups attached to an aromatic ring is 1. The van der Waals surface area contributed by atoms with Crippen molar-refractivity contribution in [2.24, 2.45) is 0 Å². The number of carbonyl (C=O) groups excluding carboxylic acids is 2. The number of halogens is 3. The quantitative estimate of drug-likeness (QED) is 0.437. The van der Waals surface area contributed by atoms with E-state index in [-0.39, 0.29) is 23.6 Å². The number of carbonyl (C=O) groups is 2. The Labute approximate surface area is 209 Å². The Bertz CT molecular complexity index is 1250. The lowest BCUT2D eigenvalue weighted by Gasteiger charge is -2.26. The molecule has 194 valence electrons. The van der Waals surface area contributed by atoms with Crippen LogP contribution in [0, 0.1) is 0 Å². The van der Waals surface area contributed by atoms with Crippen LogP contribution in [0.5, 0.6) is 5.75 Å². The van der Waals surface area contributed by atoms with Gasteiger partial charge in [0.15, 0.2) is 5.75 Å². The predicted molar refractivity (Wildman–Crippen MR) is 129 cm³/mol. The van der Waals surface area contributed by atoms with Crippen LogP contribution in [0.15, 0.2) is 54.9 Å². The number of anilines is 3. The van der Waals surface area contributed by atoms with E-state index in [2.05, 4.69) is 25.3 Å². The first kappa shape index (κ1) is 25.9. The second kappa shape index (κ2) is 11.2. The smallest absolute Gasteiger partial charge is 0.404 e. The van der Waals surface area contributed by atoms with Gasteiger partial charge in [-0.3, -0.25) is 14.5 Å². The number of alkyl halides is 3. The van der Waals surface area contributed by atoms with Crippen molar-refractivity contribution < 1.29 is 32.2 Å². The van der Waals surface area contributed by atoms with Gasteiger partial charge in [0.05, 0.1) is 25.4 Å². The summed E-state index contributed by atoms with van der Waals surface area (Å²) in [7, 11) is 0. The Kier molecular flexibility index (Phi) is 7.84. The molecule has 0 radical (unpaired) electrons. The van der Waals surface area contributed by atoms with Gasteiger partial charge >= 0.3 is 6.36 Å². The van der Waals surface area contributed by atoms with Crippen LogP contribution in [-0.2, 0) is 9.53 Å². The number of hydrogen-bond donors (Lipinski definition) is 3. The van der Waals surface area contributed by atoms with Gasteiger partial charge < -0.3 is 25.8 Å². The molecule has 3 aromatic rings. The van der Waals surface area contributed by atoms with Gasteiger partial charge in [0.2, 0.25) is 5.91 Å². The Morgan fingerprint density at radius 2 is 1.70 bits per heavy atom. The van der Waals surface area contributed by atoms with E-state index in [0.717, 1.165) is 29.3 Å². The number of nitrogens with one attached hydrogen (secondary N) is 2. The number of benzene rings is 1. The summed E-state index contributed by atoms with van der Waals surface area (Å²) in [6.07, 6.45) is -1.87. The van der Waals surface area contributed by atoms with Crippen molar-refractivity contribution in [1.82, 2.24) is 14.9 Å². The summed E-state index contributed by atoms with van der Waals surface area (Å²) in [4.78, 5) is 35.3. The van der Waals surface area contributed by atoms with Crippen LogP contribution in [0.4, 0.5) is 30.5 Å². The zero-order valence-corrected chi connectivity index (χ0v) is 19.4. The van der Waals surface area contributed by atoms with Gasteiger partial charge in [0.25, 0.3) is 5.91 Å². The van der Waals surface area contributed by atoms with Crippen LogP contribution < -0.4 is 21.1 Å². The van der Waals surface area contributed by atoms with Crippen molar-refractivity contribution >= 4 is 29.1 Å². The van der Waals surface area contributed by atoms with Gasteiger partial charge in [0, 0.05) is 42.2 Å². The lowest BCUT2D eigenvalue weighted by Crippen LogP contribution is -2.41. The van der Waals surface area contributed by atoms with Gasteiger partial charge in [-0.1, -0.05) is 0 Å². The second-order valence-electron chi connectivity index (χ2n) is 8.05. The number of aromatic nitrogens is 2. The molecular formula is C24H23F3N6O4. The lowest BCUT2D eigenvalue weighted by atomic mass is 10.1. The van der Waals surface area contributed by atoms with E-state index < -0.39 is 23.9 Å². The third-order valence-electron chi connectivity index (χ3n) is 5.34. The van der Waals surface area contributed by atoms with Crippen LogP contribution in [-0.4, -0.2) is 65.9 Å². The third-order valence-corrected chi connectivity index (χ3v) is 5.34.